The maximum absolute atomic E-state index is 13.4. The van der Waals surface area contributed by atoms with E-state index in [1.54, 1.807) is 13.8 Å². The average molecular weight is 456 g/mol. The van der Waals surface area contributed by atoms with Gasteiger partial charge in [-0.2, -0.15) is 5.10 Å². The average Bonchev–Trinajstić information content (AvgIpc) is 3.37. The molecule has 1 saturated carbocycles. The van der Waals surface area contributed by atoms with E-state index in [-0.39, 0.29) is 49.4 Å². The molecule has 172 valence electrons. The van der Waals surface area contributed by atoms with Crippen LogP contribution in [-0.2, 0) is 32.8 Å². The fraction of sp³-hybridized carbons (Fsp3) is 0.750. The van der Waals surface area contributed by atoms with Crippen LogP contribution < -0.4 is 0 Å². The maximum atomic E-state index is 13.4. The van der Waals surface area contributed by atoms with E-state index < -0.39 is 31.8 Å². The van der Waals surface area contributed by atoms with Crippen molar-refractivity contribution in [1.29, 1.82) is 0 Å². The quantitative estimate of drug-likeness (QED) is 0.669. The number of rotatable bonds is 6. The van der Waals surface area contributed by atoms with Crippen LogP contribution in [0.2, 0.25) is 0 Å². The Balaban J connectivity index is 1.51. The largest absolute Gasteiger partial charge is 0.476 e. The third-order valence-corrected chi connectivity index (χ3v) is 9.42. The lowest BCUT2D eigenvalue weighted by Gasteiger charge is -2.42. The van der Waals surface area contributed by atoms with Crippen LogP contribution in [0.5, 0.6) is 0 Å². The van der Waals surface area contributed by atoms with Gasteiger partial charge in [-0.05, 0) is 33.1 Å². The molecule has 31 heavy (non-hydrogen) atoms. The van der Waals surface area contributed by atoms with Gasteiger partial charge in [0, 0.05) is 31.1 Å². The zero-order chi connectivity index (χ0) is 22.8. The van der Waals surface area contributed by atoms with Crippen LogP contribution in [-0.4, -0.2) is 82.7 Å². The first-order valence-electron chi connectivity index (χ1n) is 10.4. The van der Waals surface area contributed by atoms with E-state index in [1.807, 2.05) is 6.92 Å². The van der Waals surface area contributed by atoms with E-state index in [0.29, 0.717) is 24.8 Å². The summed E-state index contributed by atoms with van der Waals surface area (Å²) in [5.41, 5.74) is -0.135. The summed E-state index contributed by atoms with van der Waals surface area (Å²) in [6.45, 7) is 6.39. The SMILES string of the molecule is Cn1nc(C(=O)O)c2c1C(=O)N(CC1(S(=O)(=O)CC3(C)COC(C)(C)OC3)CC1)CC2. The van der Waals surface area contributed by atoms with Gasteiger partial charge in [0.15, 0.2) is 21.3 Å². The summed E-state index contributed by atoms with van der Waals surface area (Å²) in [7, 11) is -2.00. The second kappa shape index (κ2) is 7.01. The number of hydrogen-bond acceptors (Lipinski definition) is 7. The van der Waals surface area contributed by atoms with Crippen molar-refractivity contribution in [3.63, 3.8) is 0 Å². The molecule has 10 nitrogen and oxygen atoms in total. The van der Waals surface area contributed by atoms with Crippen LogP contribution >= 0.6 is 0 Å². The van der Waals surface area contributed by atoms with Crippen molar-refractivity contribution in [3.8, 4) is 0 Å². The number of hydrogen-bond donors (Lipinski definition) is 1. The number of carbonyl (C=O) groups is 2. The molecule has 11 heteroatoms. The zero-order valence-corrected chi connectivity index (χ0v) is 19.1. The number of amides is 1. The minimum atomic E-state index is -3.53. The number of ether oxygens (including phenoxy) is 2. The number of fused-ring (bicyclic) bond motifs is 1. The molecule has 3 aliphatic rings. The molecule has 0 aromatic carbocycles. The third-order valence-electron chi connectivity index (χ3n) is 6.49. The normalized spacial score (nSPS) is 24.0. The summed E-state index contributed by atoms with van der Waals surface area (Å²) < 4.78 is 38.5. The molecule has 1 aromatic heterocycles. The number of carboxylic acids is 1. The minimum Gasteiger partial charge on any atom is -0.476 e. The Morgan fingerprint density at radius 3 is 2.35 bits per heavy atom. The van der Waals surface area contributed by atoms with Crippen molar-refractivity contribution < 1.29 is 32.6 Å². The summed E-state index contributed by atoms with van der Waals surface area (Å²) in [6.07, 6.45) is 1.34. The Morgan fingerprint density at radius 1 is 1.19 bits per heavy atom. The summed E-state index contributed by atoms with van der Waals surface area (Å²) in [6, 6.07) is 0. The van der Waals surface area contributed by atoms with Gasteiger partial charge in [-0.25, -0.2) is 13.2 Å². The molecule has 1 N–H and O–H groups in total. The Morgan fingerprint density at radius 2 is 1.81 bits per heavy atom. The molecule has 1 saturated heterocycles. The highest BCUT2D eigenvalue weighted by Crippen LogP contribution is 2.47. The van der Waals surface area contributed by atoms with Gasteiger partial charge in [-0.1, -0.05) is 6.92 Å². The van der Waals surface area contributed by atoms with Crippen LogP contribution in [0, 0.1) is 5.41 Å². The van der Waals surface area contributed by atoms with E-state index in [9.17, 15) is 23.1 Å². The van der Waals surface area contributed by atoms with Crippen LogP contribution in [0.25, 0.3) is 0 Å². The highest BCUT2D eigenvalue weighted by Gasteiger charge is 2.58. The topological polar surface area (TPSA) is 128 Å². The van der Waals surface area contributed by atoms with E-state index in [0.717, 1.165) is 0 Å². The lowest BCUT2D eigenvalue weighted by atomic mass is 9.94. The molecule has 3 heterocycles. The molecule has 0 radical (unpaired) electrons. The van der Waals surface area contributed by atoms with Gasteiger partial charge in [0.25, 0.3) is 5.91 Å². The molecule has 1 amide bonds. The van der Waals surface area contributed by atoms with Gasteiger partial charge in [0.05, 0.1) is 23.7 Å². The van der Waals surface area contributed by atoms with Gasteiger partial charge in [-0.3, -0.25) is 9.48 Å². The number of sulfone groups is 1. The summed E-state index contributed by atoms with van der Waals surface area (Å²) in [5, 5.41) is 13.3. The number of aromatic nitrogens is 2. The summed E-state index contributed by atoms with van der Waals surface area (Å²) in [5.74, 6) is -2.34. The molecule has 2 aliphatic heterocycles. The lowest BCUT2D eigenvalue weighted by Crippen LogP contribution is -2.51. The Hall–Kier alpha value is -1.98. The first-order valence-corrected chi connectivity index (χ1v) is 12.0. The second-order valence-corrected chi connectivity index (χ2v) is 12.2. The molecule has 0 unspecified atom stereocenters. The number of aromatic carboxylic acids is 1. The van der Waals surface area contributed by atoms with Gasteiger partial charge in [0.1, 0.15) is 5.69 Å². The number of carbonyl (C=O) groups excluding carboxylic acids is 1. The molecule has 1 aromatic rings. The predicted molar refractivity (Wildman–Crippen MR) is 110 cm³/mol. The standard InChI is InChI=1S/C20H29N3O7S/c1-18(2)29-10-19(3,11-30-18)12-31(27,28)20(6-7-20)9-23-8-5-13-14(17(25)26)21-22(4)15(13)16(23)24/h5-12H2,1-4H3,(H,25,26). The molecular formula is C20H29N3O7S. The lowest BCUT2D eigenvalue weighted by molar-refractivity contribution is -0.278. The number of carboxylic acid groups (broad SMARTS) is 1. The summed E-state index contributed by atoms with van der Waals surface area (Å²) in [4.78, 5) is 26.0. The highest BCUT2D eigenvalue weighted by atomic mass is 32.2. The van der Waals surface area contributed by atoms with E-state index in [2.05, 4.69) is 5.10 Å². The van der Waals surface area contributed by atoms with Gasteiger partial charge < -0.3 is 19.5 Å². The number of nitrogens with zero attached hydrogens (tertiary/aromatic N) is 3. The third kappa shape index (κ3) is 3.87. The van der Waals surface area contributed by atoms with E-state index >= 15 is 0 Å². The highest BCUT2D eigenvalue weighted by molar-refractivity contribution is 7.93. The van der Waals surface area contributed by atoms with Crippen molar-refractivity contribution >= 4 is 21.7 Å². The van der Waals surface area contributed by atoms with Gasteiger partial charge >= 0.3 is 5.97 Å². The van der Waals surface area contributed by atoms with Crippen molar-refractivity contribution in [3.05, 3.63) is 17.0 Å². The predicted octanol–water partition coefficient (Wildman–Crippen LogP) is 0.853. The molecule has 0 spiro atoms. The Labute approximate surface area is 181 Å². The van der Waals surface area contributed by atoms with Crippen molar-refractivity contribution in [2.45, 2.75) is 50.6 Å². The maximum Gasteiger partial charge on any atom is 0.356 e. The molecule has 2 fully saturated rings. The fourth-order valence-corrected chi connectivity index (χ4v) is 6.89. The van der Waals surface area contributed by atoms with Crippen LogP contribution in [0.3, 0.4) is 0 Å². The zero-order valence-electron chi connectivity index (χ0n) is 18.3. The molecular weight excluding hydrogens is 426 g/mol. The van der Waals surface area contributed by atoms with Crippen molar-refractivity contribution in [2.24, 2.45) is 12.5 Å². The Kier molecular flexibility index (Phi) is 5.03. The molecule has 1 aliphatic carbocycles. The smallest absolute Gasteiger partial charge is 0.356 e. The molecule has 0 atom stereocenters. The van der Waals surface area contributed by atoms with Crippen LogP contribution in [0.4, 0.5) is 0 Å². The molecule has 0 bridgehead atoms. The minimum absolute atomic E-state index is 0.0712. The van der Waals surface area contributed by atoms with Gasteiger partial charge in [-0.15, -0.1) is 0 Å². The molecule has 4 rings (SSSR count). The summed E-state index contributed by atoms with van der Waals surface area (Å²) >= 11 is 0. The van der Waals surface area contributed by atoms with Crippen LogP contribution in [0.1, 0.15) is 60.2 Å². The monoisotopic (exact) mass is 455 g/mol. The van der Waals surface area contributed by atoms with Crippen molar-refractivity contribution in [2.75, 3.05) is 32.1 Å². The second-order valence-electron chi connectivity index (χ2n) is 9.81. The first-order chi connectivity index (χ1) is 14.3. The number of aryl methyl sites for hydroxylation is 1. The fourth-order valence-electron chi connectivity index (χ4n) is 4.42. The van der Waals surface area contributed by atoms with Gasteiger partial charge in [0.2, 0.25) is 0 Å². The van der Waals surface area contributed by atoms with Crippen LogP contribution in [0.15, 0.2) is 0 Å². The van der Waals surface area contributed by atoms with E-state index in [4.69, 9.17) is 9.47 Å². The van der Waals surface area contributed by atoms with Crippen molar-refractivity contribution in [1.82, 2.24) is 14.7 Å². The Bertz CT molecular complexity index is 1030. The first kappa shape index (κ1) is 22.2. The van der Waals surface area contributed by atoms with E-state index in [1.165, 1.54) is 16.6 Å².